The first kappa shape index (κ1) is 14.4. The lowest BCUT2D eigenvalue weighted by atomic mass is 9.70. The van der Waals surface area contributed by atoms with Crippen molar-refractivity contribution in [3.63, 3.8) is 0 Å². The lowest BCUT2D eigenvalue weighted by Crippen LogP contribution is -2.39. The summed E-state index contributed by atoms with van der Waals surface area (Å²) in [5.74, 6) is 0.552. The number of fused-ring (bicyclic) bond motifs is 2. The van der Waals surface area contributed by atoms with Crippen molar-refractivity contribution in [3.8, 4) is 0 Å². The van der Waals surface area contributed by atoms with E-state index in [1.54, 1.807) is 0 Å². The van der Waals surface area contributed by atoms with Crippen LogP contribution in [-0.4, -0.2) is 18.6 Å². The maximum atomic E-state index is 12.1. The maximum Gasteiger partial charge on any atom is 0.325 e. The number of hydrogen-bond donors (Lipinski definition) is 1. The van der Waals surface area contributed by atoms with Gasteiger partial charge in [-0.3, -0.25) is 4.79 Å². The van der Waals surface area contributed by atoms with E-state index in [-0.39, 0.29) is 29.4 Å². The monoisotopic (exact) mass is 287 g/mol. The third-order valence-electron chi connectivity index (χ3n) is 6.20. The SMILES string of the molecule is CC1(C)[C@H]2CC[C@@]1(C)[C@@H](OC(=O)CNc1ccccc1)C2. The van der Waals surface area contributed by atoms with Crippen LogP contribution in [0.3, 0.4) is 0 Å². The van der Waals surface area contributed by atoms with Crippen LogP contribution in [0.15, 0.2) is 30.3 Å². The molecule has 1 N–H and O–H groups in total. The second-order valence-corrected chi connectivity index (χ2v) is 7.31. The summed E-state index contributed by atoms with van der Waals surface area (Å²) in [6.45, 7) is 7.20. The van der Waals surface area contributed by atoms with Gasteiger partial charge in [-0.25, -0.2) is 0 Å². The quantitative estimate of drug-likeness (QED) is 0.855. The number of benzene rings is 1. The molecule has 0 saturated heterocycles. The number of esters is 1. The van der Waals surface area contributed by atoms with Crippen molar-refractivity contribution < 1.29 is 9.53 Å². The molecule has 114 valence electrons. The fourth-order valence-electron chi connectivity index (χ4n) is 4.24. The van der Waals surface area contributed by atoms with Gasteiger partial charge in [0.2, 0.25) is 0 Å². The molecule has 0 unspecified atom stereocenters. The van der Waals surface area contributed by atoms with Crippen LogP contribution in [0, 0.1) is 16.7 Å². The van der Waals surface area contributed by atoms with Crippen molar-refractivity contribution in [3.05, 3.63) is 30.3 Å². The fraction of sp³-hybridized carbons (Fsp3) is 0.611. The Morgan fingerprint density at radius 1 is 1.29 bits per heavy atom. The molecule has 1 aromatic carbocycles. The lowest BCUT2D eigenvalue weighted by molar-refractivity contribution is -0.154. The standard InChI is InChI=1S/C18H25NO2/c1-17(2)13-9-10-18(17,3)15(11-13)21-16(20)12-19-14-7-5-4-6-8-14/h4-8,13,15,19H,9-12H2,1-3H3/t13-,15-,18-/m0/s1. The van der Waals surface area contributed by atoms with Crippen LogP contribution in [0.5, 0.6) is 0 Å². The third-order valence-corrected chi connectivity index (χ3v) is 6.20. The summed E-state index contributed by atoms with van der Waals surface area (Å²) in [4.78, 5) is 12.1. The summed E-state index contributed by atoms with van der Waals surface area (Å²) >= 11 is 0. The summed E-state index contributed by atoms with van der Waals surface area (Å²) in [5, 5.41) is 3.12. The van der Waals surface area contributed by atoms with Gasteiger partial charge in [-0.2, -0.15) is 0 Å². The van der Waals surface area contributed by atoms with E-state index in [9.17, 15) is 4.79 Å². The van der Waals surface area contributed by atoms with Gasteiger partial charge in [-0.15, -0.1) is 0 Å². The minimum absolute atomic E-state index is 0.0799. The highest BCUT2D eigenvalue weighted by Crippen LogP contribution is 2.66. The number of nitrogens with one attached hydrogen (secondary N) is 1. The Hall–Kier alpha value is -1.51. The molecule has 0 amide bonds. The summed E-state index contributed by atoms with van der Waals surface area (Å²) in [7, 11) is 0. The molecule has 0 aliphatic heterocycles. The van der Waals surface area contributed by atoms with Gasteiger partial charge in [0, 0.05) is 11.1 Å². The molecule has 1 aromatic rings. The third kappa shape index (κ3) is 2.33. The number of para-hydroxylation sites is 1. The molecule has 2 aliphatic rings. The van der Waals surface area contributed by atoms with Crippen LogP contribution in [0.25, 0.3) is 0 Å². The number of rotatable bonds is 4. The van der Waals surface area contributed by atoms with E-state index >= 15 is 0 Å². The van der Waals surface area contributed by atoms with Crippen LogP contribution < -0.4 is 5.32 Å². The van der Waals surface area contributed by atoms with E-state index < -0.39 is 0 Å². The van der Waals surface area contributed by atoms with E-state index in [1.807, 2.05) is 30.3 Å². The van der Waals surface area contributed by atoms with Gasteiger partial charge >= 0.3 is 5.97 Å². The maximum absolute atomic E-state index is 12.1. The van der Waals surface area contributed by atoms with Crippen molar-refractivity contribution in [1.82, 2.24) is 0 Å². The normalized spacial score (nSPS) is 32.9. The van der Waals surface area contributed by atoms with Crippen molar-refractivity contribution >= 4 is 11.7 Å². The predicted octanol–water partition coefficient (Wildman–Crippen LogP) is 3.86. The predicted molar refractivity (Wildman–Crippen MR) is 84.0 cm³/mol. The largest absolute Gasteiger partial charge is 0.460 e. The van der Waals surface area contributed by atoms with Crippen LogP contribution in [0.4, 0.5) is 5.69 Å². The molecule has 0 heterocycles. The molecule has 3 rings (SSSR count). The summed E-state index contributed by atoms with van der Waals surface area (Å²) < 4.78 is 5.80. The minimum atomic E-state index is -0.145. The molecular formula is C18H25NO2. The molecule has 2 fully saturated rings. The van der Waals surface area contributed by atoms with Crippen molar-refractivity contribution in [2.24, 2.45) is 16.7 Å². The molecule has 2 aliphatic carbocycles. The van der Waals surface area contributed by atoms with E-state index in [4.69, 9.17) is 4.74 Å². The van der Waals surface area contributed by atoms with E-state index in [0.29, 0.717) is 5.92 Å². The summed E-state index contributed by atoms with van der Waals surface area (Å²) in [6.07, 6.45) is 3.56. The topological polar surface area (TPSA) is 38.3 Å². The van der Waals surface area contributed by atoms with Crippen molar-refractivity contribution in [1.29, 1.82) is 0 Å². The van der Waals surface area contributed by atoms with Gasteiger partial charge in [0.1, 0.15) is 12.6 Å². The van der Waals surface area contributed by atoms with Gasteiger partial charge in [-0.05, 0) is 42.7 Å². The summed E-state index contributed by atoms with van der Waals surface area (Å²) in [5.41, 5.74) is 1.37. The van der Waals surface area contributed by atoms with Crippen LogP contribution in [0.2, 0.25) is 0 Å². The fourth-order valence-corrected chi connectivity index (χ4v) is 4.24. The first-order valence-corrected chi connectivity index (χ1v) is 7.92. The molecule has 3 heteroatoms. The van der Waals surface area contributed by atoms with Crippen molar-refractivity contribution in [2.45, 2.75) is 46.1 Å². The molecule has 3 nitrogen and oxygen atoms in total. The highest BCUT2D eigenvalue weighted by atomic mass is 16.5. The van der Waals surface area contributed by atoms with Gasteiger partial charge in [0.25, 0.3) is 0 Å². The second kappa shape index (κ2) is 5.04. The molecule has 2 saturated carbocycles. The lowest BCUT2D eigenvalue weighted by Gasteiger charge is -2.38. The molecule has 2 bridgehead atoms. The Balaban J connectivity index is 1.57. The second-order valence-electron chi connectivity index (χ2n) is 7.31. The van der Waals surface area contributed by atoms with Gasteiger partial charge in [0.05, 0.1) is 0 Å². The molecule has 3 atom stereocenters. The average Bonchev–Trinajstić information content (AvgIpc) is 2.79. The Morgan fingerprint density at radius 2 is 2.00 bits per heavy atom. The Morgan fingerprint density at radius 3 is 2.57 bits per heavy atom. The Labute approximate surface area is 127 Å². The van der Waals surface area contributed by atoms with E-state index in [0.717, 1.165) is 12.1 Å². The first-order valence-electron chi connectivity index (χ1n) is 7.92. The zero-order chi connectivity index (χ0) is 15.1. The molecule has 21 heavy (non-hydrogen) atoms. The van der Waals surface area contributed by atoms with Crippen LogP contribution >= 0.6 is 0 Å². The summed E-state index contributed by atoms with van der Waals surface area (Å²) in [6, 6.07) is 9.77. The smallest absolute Gasteiger partial charge is 0.325 e. The van der Waals surface area contributed by atoms with Crippen molar-refractivity contribution in [2.75, 3.05) is 11.9 Å². The molecular weight excluding hydrogens is 262 g/mol. The van der Waals surface area contributed by atoms with E-state index in [1.165, 1.54) is 12.8 Å². The van der Waals surface area contributed by atoms with Crippen LogP contribution in [-0.2, 0) is 9.53 Å². The number of carbonyl (C=O) groups excluding carboxylic acids is 1. The molecule has 0 spiro atoms. The highest BCUT2D eigenvalue weighted by Gasteiger charge is 2.62. The minimum Gasteiger partial charge on any atom is -0.460 e. The average molecular weight is 287 g/mol. The van der Waals surface area contributed by atoms with E-state index in [2.05, 4.69) is 26.1 Å². The van der Waals surface area contributed by atoms with Crippen LogP contribution in [0.1, 0.15) is 40.0 Å². The highest BCUT2D eigenvalue weighted by molar-refractivity contribution is 5.75. The first-order chi connectivity index (χ1) is 9.93. The molecule has 0 aromatic heterocycles. The number of carbonyl (C=O) groups is 1. The molecule has 0 radical (unpaired) electrons. The zero-order valence-corrected chi connectivity index (χ0v) is 13.2. The number of hydrogen-bond acceptors (Lipinski definition) is 3. The van der Waals surface area contributed by atoms with Gasteiger partial charge in [0.15, 0.2) is 0 Å². The number of ether oxygens (including phenoxy) is 1. The Kier molecular flexibility index (Phi) is 3.46. The van der Waals surface area contributed by atoms with Gasteiger partial charge in [-0.1, -0.05) is 39.0 Å². The Bertz CT molecular complexity index is 525. The number of anilines is 1. The zero-order valence-electron chi connectivity index (χ0n) is 13.2. The van der Waals surface area contributed by atoms with Gasteiger partial charge < -0.3 is 10.1 Å².